The third kappa shape index (κ3) is 4.91. The van der Waals surface area contributed by atoms with E-state index in [9.17, 15) is 8.42 Å². The van der Waals surface area contributed by atoms with Crippen LogP contribution in [0.25, 0.3) is 0 Å². The maximum atomic E-state index is 12.9. The lowest BCUT2D eigenvalue weighted by Gasteiger charge is -2.43. The van der Waals surface area contributed by atoms with Crippen LogP contribution in [0.1, 0.15) is 39.2 Å². The molecular formula is C28H35NO3SSi. The average molecular weight is 494 g/mol. The van der Waals surface area contributed by atoms with E-state index in [0.29, 0.717) is 18.0 Å². The molecule has 34 heavy (non-hydrogen) atoms. The molecule has 180 valence electrons. The Balaban J connectivity index is 1.46. The summed E-state index contributed by atoms with van der Waals surface area (Å²) in [5.41, 5.74) is 1.06. The summed E-state index contributed by atoms with van der Waals surface area (Å²) in [6.45, 7) is 9.99. The van der Waals surface area contributed by atoms with Gasteiger partial charge < -0.3 is 4.43 Å². The fraction of sp³-hybridized carbons (Fsp3) is 0.357. The summed E-state index contributed by atoms with van der Waals surface area (Å²) in [6.07, 6.45) is 1.64. The normalized spacial score (nSPS) is 18.6. The minimum absolute atomic E-state index is 0.0594. The lowest BCUT2D eigenvalue weighted by molar-refractivity contribution is 0.287. The summed E-state index contributed by atoms with van der Waals surface area (Å²) >= 11 is 0. The number of nitrogens with zero attached hydrogens (tertiary/aromatic N) is 1. The lowest BCUT2D eigenvalue weighted by atomic mass is 10.2. The summed E-state index contributed by atoms with van der Waals surface area (Å²) in [7, 11) is -5.95. The molecule has 0 amide bonds. The first-order valence-corrected chi connectivity index (χ1v) is 15.3. The molecule has 2 atom stereocenters. The molecule has 3 aromatic rings. The lowest BCUT2D eigenvalue weighted by Crippen LogP contribution is -2.66. The van der Waals surface area contributed by atoms with Crippen LogP contribution in [0.15, 0.2) is 89.8 Å². The van der Waals surface area contributed by atoms with Crippen molar-refractivity contribution in [2.45, 2.75) is 56.5 Å². The molecule has 4 rings (SSSR count). The van der Waals surface area contributed by atoms with Crippen molar-refractivity contribution < 1.29 is 12.8 Å². The van der Waals surface area contributed by atoms with Crippen LogP contribution in [-0.4, -0.2) is 40.2 Å². The van der Waals surface area contributed by atoms with Gasteiger partial charge in [0.2, 0.25) is 10.0 Å². The number of rotatable bonds is 9. The van der Waals surface area contributed by atoms with Gasteiger partial charge in [0.05, 0.1) is 4.90 Å². The molecule has 0 bridgehead atoms. The topological polar surface area (TPSA) is 46.4 Å². The second-order valence-corrected chi connectivity index (χ2v) is 16.4. The molecule has 4 nitrogen and oxygen atoms in total. The molecule has 0 spiro atoms. The van der Waals surface area contributed by atoms with Crippen LogP contribution in [0.5, 0.6) is 0 Å². The summed E-state index contributed by atoms with van der Waals surface area (Å²) in [4.78, 5) is 0.379. The van der Waals surface area contributed by atoms with Crippen LogP contribution in [-0.2, 0) is 14.4 Å². The van der Waals surface area contributed by atoms with Gasteiger partial charge in [0.1, 0.15) is 0 Å². The van der Waals surface area contributed by atoms with Crippen molar-refractivity contribution in [1.29, 1.82) is 0 Å². The third-order valence-electron chi connectivity index (χ3n) is 6.71. The van der Waals surface area contributed by atoms with Gasteiger partial charge in [-0.15, -0.1) is 0 Å². The summed E-state index contributed by atoms with van der Waals surface area (Å²) in [5, 5.41) is 2.48. The Morgan fingerprint density at radius 3 is 1.91 bits per heavy atom. The molecule has 0 N–H and O–H groups in total. The van der Waals surface area contributed by atoms with Crippen molar-refractivity contribution in [3.05, 3.63) is 90.5 Å². The van der Waals surface area contributed by atoms with Crippen LogP contribution >= 0.6 is 0 Å². The molecule has 0 radical (unpaired) electrons. The zero-order valence-corrected chi connectivity index (χ0v) is 22.4. The van der Waals surface area contributed by atoms with Gasteiger partial charge in [0, 0.05) is 19.2 Å². The highest BCUT2D eigenvalue weighted by atomic mass is 32.2. The summed E-state index contributed by atoms with van der Waals surface area (Å²) in [6, 6.07) is 28.4. The predicted molar refractivity (Wildman–Crippen MR) is 142 cm³/mol. The van der Waals surface area contributed by atoms with Gasteiger partial charge in [-0.3, -0.25) is 0 Å². The molecule has 1 aliphatic heterocycles. The predicted octanol–water partition coefficient (Wildman–Crippen LogP) is 4.72. The molecule has 1 aliphatic rings. The van der Waals surface area contributed by atoms with Crippen LogP contribution in [0.3, 0.4) is 0 Å². The van der Waals surface area contributed by atoms with Crippen LogP contribution in [0.2, 0.25) is 5.04 Å². The van der Waals surface area contributed by atoms with Gasteiger partial charge in [0.15, 0.2) is 0 Å². The van der Waals surface area contributed by atoms with Crippen molar-refractivity contribution in [3.63, 3.8) is 0 Å². The summed E-state index contributed by atoms with van der Waals surface area (Å²) < 4.78 is 34.4. The van der Waals surface area contributed by atoms with E-state index in [4.69, 9.17) is 4.43 Å². The van der Waals surface area contributed by atoms with Crippen molar-refractivity contribution in [2.24, 2.45) is 0 Å². The first kappa shape index (κ1) is 24.9. The smallest absolute Gasteiger partial charge is 0.261 e. The highest BCUT2D eigenvalue weighted by Gasteiger charge is 2.50. The number of sulfonamides is 1. The maximum Gasteiger partial charge on any atom is 0.261 e. The van der Waals surface area contributed by atoms with E-state index < -0.39 is 18.3 Å². The van der Waals surface area contributed by atoms with Gasteiger partial charge >= 0.3 is 0 Å². The van der Waals surface area contributed by atoms with Gasteiger partial charge in [-0.05, 0) is 47.3 Å². The molecule has 1 fully saturated rings. The Morgan fingerprint density at radius 2 is 1.41 bits per heavy atom. The Bertz CT molecular complexity index is 1150. The molecule has 6 heteroatoms. The van der Waals surface area contributed by atoms with E-state index in [2.05, 4.69) is 69.3 Å². The van der Waals surface area contributed by atoms with Gasteiger partial charge in [0.25, 0.3) is 8.32 Å². The van der Waals surface area contributed by atoms with E-state index in [1.54, 1.807) is 16.4 Å². The molecule has 1 heterocycles. The van der Waals surface area contributed by atoms with Gasteiger partial charge in [-0.1, -0.05) is 99.1 Å². The fourth-order valence-electron chi connectivity index (χ4n) is 4.84. The van der Waals surface area contributed by atoms with Crippen LogP contribution in [0, 0.1) is 6.92 Å². The standard InChI is InChI=1S/C28H35NO3SSi/c1-23-17-19-25(20-18-23)33(30,31)29-22-24(29)12-11-21-32-34(28(2,3)4,26-13-7-5-8-14-26)27-15-9-6-10-16-27/h5-10,13-20,24H,11-12,21-22H2,1-4H3/t24-,29?/m0/s1. The molecular weight excluding hydrogens is 458 g/mol. The van der Waals surface area contributed by atoms with E-state index in [0.717, 1.165) is 18.4 Å². The highest BCUT2D eigenvalue weighted by molar-refractivity contribution is 7.89. The zero-order chi connectivity index (χ0) is 24.4. The molecule has 0 aliphatic carbocycles. The van der Waals surface area contributed by atoms with Crippen LogP contribution < -0.4 is 10.4 Å². The molecule has 3 aromatic carbocycles. The van der Waals surface area contributed by atoms with Crippen molar-refractivity contribution >= 4 is 28.7 Å². The first-order chi connectivity index (χ1) is 16.2. The van der Waals surface area contributed by atoms with Crippen molar-refractivity contribution in [3.8, 4) is 0 Å². The Hall–Kier alpha value is -2.25. The van der Waals surface area contributed by atoms with Gasteiger partial charge in [-0.25, -0.2) is 8.42 Å². The average Bonchev–Trinajstić information content (AvgIpc) is 3.60. The maximum absolute atomic E-state index is 12.9. The zero-order valence-electron chi connectivity index (χ0n) is 20.6. The van der Waals surface area contributed by atoms with Crippen molar-refractivity contribution in [2.75, 3.05) is 13.2 Å². The fourth-order valence-corrected chi connectivity index (χ4v) is 11.1. The number of benzene rings is 3. The Kier molecular flexibility index (Phi) is 7.15. The SMILES string of the molecule is Cc1ccc(S(=O)(=O)N2C[C@@H]2CCCO[Si](c2ccccc2)(c2ccccc2)C(C)(C)C)cc1. The molecule has 0 aromatic heterocycles. The monoisotopic (exact) mass is 493 g/mol. The Labute approximate surface area is 205 Å². The minimum Gasteiger partial charge on any atom is -0.407 e. The van der Waals surface area contributed by atoms with E-state index >= 15 is 0 Å². The molecule has 0 saturated carbocycles. The van der Waals surface area contributed by atoms with Gasteiger partial charge in [-0.2, -0.15) is 4.31 Å². The minimum atomic E-state index is -3.41. The number of hydrogen-bond donors (Lipinski definition) is 0. The quantitative estimate of drug-likeness (QED) is 0.246. The number of hydrogen-bond acceptors (Lipinski definition) is 3. The Morgan fingerprint density at radius 1 is 0.882 bits per heavy atom. The second-order valence-electron chi connectivity index (χ2n) is 10.2. The van der Waals surface area contributed by atoms with E-state index in [1.165, 1.54) is 10.4 Å². The number of aryl methyl sites for hydroxylation is 1. The van der Waals surface area contributed by atoms with Crippen LogP contribution in [0.4, 0.5) is 0 Å². The van der Waals surface area contributed by atoms with E-state index in [1.807, 2.05) is 31.2 Å². The summed E-state index contributed by atoms with van der Waals surface area (Å²) in [5.74, 6) is 0. The highest BCUT2D eigenvalue weighted by Crippen LogP contribution is 2.37. The largest absolute Gasteiger partial charge is 0.407 e. The first-order valence-electron chi connectivity index (χ1n) is 12.0. The van der Waals surface area contributed by atoms with E-state index in [-0.39, 0.29) is 11.1 Å². The van der Waals surface area contributed by atoms with Crippen molar-refractivity contribution in [1.82, 2.24) is 4.31 Å². The molecule has 1 unspecified atom stereocenters. The third-order valence-corrected chi connectivity index (χ3v) is 13.7. The molecule has 1 saturated heterocycles. The second kappa shape index (κ2) is 9.78.